The maximum atomic E-state index is 13.0. The maximum Gasteiger partial charge on any atom is 0.269 e. The van der Waals surface area contributed by atoms with Crippen molar-refractivity contribution in [2.45, 2.75) is 45.7 Å². The summed E-state index contributed by atoms with van der Waals surface area (Å²) in [6.45, 7) is 9.93. The molecule has 59 heavy (non-hydrogen) atoms. The molecule has 4 aromatic heterocycles. The van der Waals surface area contributed by atoms with Crippen molar-refractivity contribution in [2.24, 2.45) is 0 Å². The first-order chi connectivity index (χ1) is 28.7. The van der Waals surface area contributed by atoms with Crippen molar-refractivity contribution in [1.82, 2.24) is 55.2 Å². The normalized spacial score (nSPS) is 14.6. The number of imidazole rings is 1. The molecule has 4 N–H and O–H groups in total. The van der Waals surface area contributed by atoms with Crippen LogP contribution in [-0.2, 0) is 24.3 Å². The van der Waals surface area contributed by atoms with E-state index in [1.807, 2.05) is 86.4 Å². The topological polar surface area (TPSA) is 166 Å². The summed E-state index contributed by atoms with van der Waals surface area (Å²) >= 11 is 0. The van der Waals surface area contributed by atoms with Gasteiger partial charge < -0.3 is 40.0 Å². The van der Waals surface area contributed by atoms with Gasteiger partial charge in [-0.05, 0) is 87.8 Å². The first-order valence-electron chi connectivity index (χ1n) is 20.6. The van der Waals surface area contributed by atoms with E-state index in [0.717, 1.165) is 97.5 Å². The summed E-state index contributed by atoms with van der Waals surface area (Å²) in [6, 6.07) is 15.4. The van der Waals surface area contributed by atoms with Gasteiger partial charge in [-0.3, -0.25) is 24.3 Å². The van der Waals surface area contributed by atoms with Crippen LogP contribution in [0.5, 0.6) is 5.75 Å². The summed E-state index contributed by atoms with van der Waals surface area (Å²) < 4.78 is 7.98. The van der Waals surface area contributed by atoms with E-state index in [4.69, 9.17) is 4.74 Å². The van der Waals surface area contributed by atoms with Crippen molar-refractivity contribution in [3.05, 3.63) is 117 Å². The highest BCUT2D eigenvalue weighted by Crippen LogP contribution is 2.22. The number of carbonyl (C=O) groups is 2. The number of nitrogens with zero attached hydrogens (tertiary/aromatic N) is 7. The second kappa shape index (κ2) is 19.6. The van der Waals surface area contributed by atoms with Crippen molar-refractivity contribution in [1.29, 1.82) is 0 Å². The number of fused-ring (bicyclic) bond motifs is 2. The number of para-hydroxylation sites is 1. The van der Waals surface area contributed by atoms with Crippen LogP contribution in [0, 0.1) is 0 Å². The molecule has 1 fully saturated rings. The molecule has 0 aliphatic carbocycles. The molecule has 2 amide bonds. The molecule has 0 bridgehead atoms. The quantitative estimate of drug-likeness (QED) is 0.0961. The Morgan fingerprint density at radius 1 is 0.881 bits per heavy atom. The monoisotopic (exact) mass is 801 g/mol. The number of carbonyl (C=O) groups excluding carboxylic acids is 2. The molecule has 7 rings (SSSR count). The minimum Gasteiger partial charge on any atom is -0.492 e. The Bertz CT molecular complexity index is 2380. The van der Waals surface area contributed by atoms with E-state index in [1.165, 1.54) is 5.70 Å². The van der Waals surface area contributed by atoms with Crippen molar-refractivity contribution in [2.75, 3.05) is 73.1 Å². The number of rotatable bonds is 18. The van der Waals surface area contributed by atoms with E-state index < -0.39 is 0 Å². The molecular weight excluding hydrogens is 747 g/mol. The number of benzene rings is 1. The first kappa shape index (κ1) is 41.1. The number of unbranched alkanes of at least 4 members (excludes halogenated alkanes) is 2. The number of likely N-dealkylation sites (N-methyl/N-ethyl adjacent to an activating group) is 1. The molecular formula is C44H55N11O4. The number of H-pyrrole nitrogens is 1. The molecule has 0 atom stereocenters. The van der Waals surface area contributed by atoms with Crippen LogP contribution in [0.1, 0.15) is 53.4 Å². The number of ether oxygens (including phenoxy) is 1. The van der Waals surface area contributed by atoms with Gasteiger partial charge in [0.25, 0.3) is 17.4 Å². The van der Waals surface area contributed by atoms with Crippen LogP contribution in [0.25, 0.3) is 22.2 Å². The summed E-state index contributed by atoms with van der Waals surface area (Å²) in [7, 11) is 4.03. The lowest BCUT2D eigenvalue weighted by Gasteiger charge is -2.38. The fourth-order valence-electron chi connectivity index (χ4n) is 7.32. The van der Waals surface area contributed by atoms with E-state index in [2.05, 4.69) is 50.6 Å². The fraction of sp³-hybridized carbons (Fsp3) is 0.409. The van der Waals surface area contributed by atoms with Crippen LogP contribution in [0.2, 0.25) is 0 Å². The number of pyridine rings is 3. The van der Waals surface area contributed by atoms with Gasteiger partial charge in [-0.15, -0.1) is 0 Å². The van der Waals surface area contributed by atoms with Gasteiger partial charge in [0.2, 0.25) is 0 Å². The largest absolute Gasteiger partial charge is 0.492 e. The lowest BCUT2D eigenvalue weighted by atomic mass is 10.1. The fourth-order valence-corrected chi connectivity index (χ4v) is 7.32. The molecule has 1 saturated heterocycles. The van der Waals surface area contributed by atoms with E-state index in [9.17, 15) is 14.4 Å². The third-order valence-electron chi connectivity index (χ3n) is 10.8. The van der Waals surface area contributed by atoms with Crippen molar-refractivity contribution in [3.63, 3.8) is 0 Å². The number of aromatic nitrogens is 5. The molecule has 2 aliphatic rings. The number of hydrogen-bond acceptors (Lipinski definition) is 11. The molecule has 15 nitrogen and oxygen atoms in total. The summed E-state index contributed by atoms with van der Waals surface area (Å²) in [6.07, 6.45) is 10.7. The van der Waals surface area contributed by atoms with Gasteiger partial charge >= 0.3 is 0 Å². The SMILES string of the molecule is CCc1cc2ncc(CN3CCN(C4=CC=C(C(=O)NCCCCCNC(=O)c5ccc6ncn(Cc7ccccc7OCCN(C)C)c6n5)NC4)CC3)cc2[nH]c1=O. The molecule has 6 heterocycles. The molecule has 15 heteroatoms. The number of aromatic amines is 1. The molecule has 0 saturated carbocycles. The third kappa shape index (κ3) is 10.7. The van der Waals surface area contributed by atoms with Crippen molar-refractivity contribution < 1.29 is 14.3 Å². The number of piperazine rings is 1. The van der Waals surface area contributed by atoms with Gasteiger partial charge in [-0.2, -0.15) is 0 Å². The predicted octanol–water partition coefficient (Wildman–Crippen LogP) is 3.42. The lowest BCUT2D eigenvalue weighted by Crippen LogP contribution is -2.47. The Balaban J connectivity index is 0.793. The standard InChI is InChI=1S/C44H55N11O4/c1-4-32-25-38-39(51-42(32)56)24-31(26-47-38)28-53-18-20-54(21-19-53)34-12-13-36(48-27-34)43(57)45-16-8-5-9-17-46-44(58)37-15-14-35-41(50-37)55(30-49-35)29-33-10-6-7-11-40(33)59-23-22-52(2)3/h6-7,10-15,24-26,30,48H,4-5,8-9,16-23,27-29H2,1-3H3,(H,45,57)(H,46,58)(H,51,56). The smallest absolute Gasteiger partial charge is 0.269 e. The van der Waals surface area contributed by atoms with Crippen LogP contribution in [0.4, 0.5) is 0 Å². The second-order valence-corrected chi connectivity index (χ2v) is 15.4. The van der Waals surface area contributed by atoms with Crippen LogP contribution in [0.15, 0.2) is 89.4 Å². The van der Waals surface area contributed by atoms with E-state index >= 15 is 0 Å². The molecule has 0 unspecified atom stereocenters. The second-order valence-electron chi connectivity index (χ2n) is 15.4. The number of hydrogen-bond donors (Lipinski definition) is 4. The van der Waals surface area contributed by atoms with Gasteiger partial charge in [0.1, 0.15) is 29.3 Å². The van der Waals surface area contributed by atoms with Gasteiger partial charge in [0.15, 0.2) is 5.65 Å². The number of allylic oxidation sites excluding steroid dienone is 2. The van der Waals surface area contributed by atoms with Gasteiger partial charge in [0.05, 0.1) is 30.5 Å². The lowest BCUT2D eigenvalue weighted by molar-refractivity contribution is -0.117. The number of aryl methyl sites for hydroxylation is 1. The van der Waals surface area contributed by atoms with Gasteiger partial charge in [0, 0.05) is 75.4 Å². The summed E-state index contributed by atoms with van der Waals surface area (Å²) in [5, 5.41) is 9.30. The van der Waals surface area contributed by atoms with E-state index in [0.29, 0.717) is 56.2 Å². The zero-order valence-corrected chi connectivity index (χ0v) is 34.3. The summed E-state index contributed by atoms with van der Waals surface area (Å²) in [4.78, 5) is 61.7. The third-order valence-corrected chi connectivity index (χ3v) is 10.8. The van der Waals surface area contributed by atoms with Crippen LogP contribution >= 0.6 is 0 Å². The van der Waals surface area contributed by atoms with E-state index in [1.54, 1.807) is 12.4 Å². The van der Waals surface area contributed by atoms with Gasteiger partial charge in [-0.1, -0.05) is 25.1 Å². The number of amides is 2. The zero-order valence-electron chi connectivity index (χ0n) is 34.3. The molecule has 1 aromatic carbocycles. The average Bonchev–Trinajstić information content (AvgIpc) is 3.65. The maximum absolute atomic E-state index is 13.0. The predicted molar refractivity (Wildman–Crippen MR) is 229 cm³/mol. The Labute approximate surface area is 344 Å². The highest BCUT2D eigenvalue weighted by Gasteiger charge is 2.22. The summed E-state index contributed by atoms with van der Waals surface area (Å²) in [5.41, 5.74) is 7.83. The number of nitrogens with one attached hydrogen (secondary N) is 4. The molecule has 2 aliphatic heterocycles. The molecule has 0 radical (unpaired) electrons. The Hall–Kier alpha value is -6.06. The van der Waals surface area contributed by atoms with Crippen molar-refractivity contribution in [3.8, 4) is 5.75 Å². The molecule has 5 aromatic rings. The highest BCUT2D eigenvalue weighted by molar-refractivity contribution is 5.94. The van der Waals surface area contributed by atoms with E-state index in [-0.39, 0.29) is 17.4 Å². The number of dihydropyridines is 1. The Morgan fingerprint density at radius 2 is 1.68 bits per heavy atom. The van der Waals surface area contributed by atoms with Crippen LogP contribution in [-0.4, -0.2) is 124 Å². The molecule has 0 spiro atoms. The average molecular weight is 802 g/mol. The van der Waals surface area contributed by atoms with Crippen molar-refractivity contribution >= 4 is 34.0 Å². The minimum absolute atomic E-state index is 0.0441. The molecule has 310 valence electrons. The Kier molecular flexibility index (Phi) is 13.7. The zero-order chi connectivity index (χ0) is 41.1. The van der Waals surface area contributed by atoms with Crippen LogP contribution < -0.4 is 26.2 Å². The highest BCUT2D eigenvalue weighted by atomic mass is 16.5. The first-order valence-corrected chi connectivity index (χ1v) is 20.6. The Morgan fingerprint density at radius 3 is 2.44 bits per heavy atom. The van der Waals surface area contributed by atoms with Crippen LogP contribution in [0.3, 0.4) is 0 Å². The summed E-state index contributed by atoms with van der Waals surface area (Å²) in [5.74, 6) is 0.476. The van der Waals surface area contributed by atoms with Gasteiger partial charge in [-0.25, -0.2) is 9.97 Å². The minimum atomic E-state index is -0.228.